The second kappa shape index (κ2) is 4.45. The summed E-state index contributed by atoms with van der Waals surface area (Å²) in [6.07, 6.45) is 3.35. The molecular weight excluding hydrogens is 246 g/mol. The van der Waals surface area contributed by atoms with Crippen LogP contribution in [0.2, 0.25) is 0 Å². The lowest BCUT2D eigenvalue weighted by atomic mass is 9.92. The van der Waals surface area contributed by atoms with Gasteiger partial charge in [0.25, 0.3) is 10.1 Å². The van der Waals surface area contributed by atoms with Crippen LogP contribution >= 0.6 is 0 Å². The fraction of sp³-hybridized carbons (Fsp3) is 0.900. The first-order valence-electron chi connectivity index (χ1n) is 5.72. The minimum Gasteiger partial charge on any atom is -0.465 e. The van der Waals surface area contributed by atoms with E-state index in [9.17, 15) is 13.2 Å². The van der Waals surface area contributed by atoms with Crippen molar-refractivity contribution < 1.29 is 22.5 Å². The first-order chi connectivity index (χ1) is 7.87. The minimum atomic E-state index is -3.40. The highest BCUT2D eigenvalue weighted by Crippen LogP contribution is 2.38. The number of piperidine rings is 1. The predicted molar refractivity (Wildman–Crippen MR) is 60.2 cm³/mol. The molecule has 2 fully saturated rings. The van der Waals surface area contributed by atoms with Crippen LogP contribution in [-0.2, 0) is 14.3 Å². The maximum absolute atomic E-state index is 11.0. The molecule has 1 amide bonds. The Balaban J connectivity index is 1.93. The quantitative estimate of drug-likeness (QED) is 0.764. The molecule has 2 bridgehead atoms. The average Bonchev–Trinajstić information content (AvgIpc) is 2.47. The van der Waals surface area contributed by atoms with Crippen LogP contribution in [0.25, 0.3) is 0 Å². The van der Waals surface area contributed by atoms with Crippen LogP contribution in [0.15, 0.2) is 0 Å². The molecule has 3 atom stereocenters. The molecule has 0 aromatic heterocycles. The number of carbonyl (C=O) groups is 1. The summed E-state index contributed by atoms with van der Waals surface area (Å²) in [5, 5.41) is 9.06. The van der Waals surface area contributed by atoms with Crippen LogP contribution in [0, 0.1) is 5.92 Å². The molecule has 1 unspecified atom stereocenters. The summed E-state index contributed by atoms with van der Waals surface area (Å²) in [5.41, 5.74) is 0. The minimum absolute atomic E-state index is 0.0411. The van der Waals surface area contributed by atoms with Crippen LogP contribution in [-0.4, -0.2) is 49.5 Å². The molecule has 7 heteroatoms. The monoisotopic (exact) mass is 263 g/mol. The number of hydrogen-bond acceptors (Lipinski definition) is 4. The molecule has 6 nitrogen and oxygen atoms in total. The van der Waals surface area contributed by atoms with E-state index < -0.39 is 16.2 Å². The molecule has 2 heterocycles. The second-order valence-electron chi connectivity index (χ2n) is 4.90. The fourth-order valence-electron chi connectivity index (χ4n) is 2.96. The van der Waals surface area contributed by atoms with Gasteiger partial charge in [-0.2, -0.15) is 8.42 Å². The lowest BCUT2D eigenvalue weighted by Gasteiger charge is -2.36. The van der Waals surface area contributed by atoms with E-state index in [0.29, 0.717) is 12.8 Å². The summed E-state index contributed by atoms with van der Waals surface area (Å²) in [6, 6.07) is 0.0822. The van der Waals surface area contributed by atoms with Crippen molar-refractivity contribution >= 4 is 16.2 Å². The number of fused-ring (bicyclic) bond motifs is 2. The van der Waals surface area contributed by atoms with E-state index in [-0.39, 0.29) is 24.6 Å². The summed E-state index contributed by atoms with van der Waals surface area (Å²) in [7, 11) is -3.40. The fourth-order valence-corrected chi connectivity index (χ4v) is 3.40. The topological polar surface area (TPSA) is 83.9 Å². The predicted octanol–water partition coefficient (Wildman–Crippen LogP) is 0.884. The molecule has 2 saturated heterocycles. The van der Waals surface area contributed by atoms with Gasteiger partial charge in [0, 0.05) is 12.1 Å². The Kier molecular flexibility index (Phi) is 3.31. The van der Waals surface area contributed by atoms with Crippen molar-refractivity contribution in [2.45, 2.75) is 37.8 Å². The van der Waals surface area contributed by atoms with Gasteiger partial charge in [0.2, 0.25) is 0 Å². The average molecular weight is 263 g/mol. The maximum Gasteiger partial charge on any atom is 0.407 e. The van der Waals surface area contributed by atoms with Gasteiger partial charge in [-0.05, 0) is 31.6 Å². The molecule has 0 aromatic carbocycles. The Bertz CT molecular complexity index is 393. The number of hydrogen-bond donors (Lipinski definition) is 1. The molecule has 2 aliphatic heterocycles. The molecule has 98 valence electrons. The van der Waals surface area contributed by atoms with Crippen molar-refractivity contribution in [1.82, 2.24) is 4.90 Å². The molecule has 2 rings (SSSR count). The van der Waals surface area contributed by atoms with E-state index in [2.05, 4.69) is 0 Å². The van der Waals surface area contributed by atoms with E-state index >= 15 is 0 Å². The van der Waals surface area contributed by atoms with Crippen molar-refractivity contribution in [3.8, 4) is 0 Å². The Labute approximate surface area is 101 Å². The van der Waals surface area contributed by atoms with Crippen LogP contribution in [0.5, 0.6) is 0 Å². The number of rotatable bonds is 3. The van der Waals surface area contributed by atoms with Crippen LogP contribution in [0.1, 0.15) is 25.7 Å². The Morgan fingerprint density at radius 3 is 2.29 bits per heavy atom. The van der Waals surface area contributed by atoms with Crippen molar-refractivity contribution in [1.29, 1.82) is 0 Å². The summed E-state index contributed by atoms with van der Waals surface area (Å²) >= 11 is 0. The first-order valence-corrected chi connectivity index (χ1v) is 7.54. The van der Waals surface area contributed by atoms with Crippen LogP contribution in [0.4, 0.5) is 4.79 Å². The molecule has 0 spiro atoms. The van der Waals surface area contributed by atoms with E-state index in [1.807, 2.05) is 0 Å². The van der Waals surface area contributed by atoms with Gasteiger partial charge < -0.3 is 10.0 Å². The zero-order valence-corrected chi connectivity index (χ0v) is 10.5. The summed E-state index contributed by atoms with van der Waals surface area (Å²) in [4.78, 5) is 12.6. The van der Waals surface area contributed by atoms with E-state index in [4.69, 9.17) is 9.29 Å². The largest absolute Gasteiger partial charge is 0.465 e. The van der Waals surface area contributed by atoms with Crippen LogP contribution < -0.4 is 0 Å². The molecule has 2 aliphatic rings. The van der Waals surface area contributed by atoms with Crippen molar-refractivity contribution in [2.24, 2.45) is 5.92 Å². The molecule has 0 aliphatic carbocycles. The normalized spacial score (nSPS) is 32.8. The van der Waals surface area contributed by atoms with Crippen molar-refractivity contribution in [3.05, 3.63) is 0 Å². The molecule has 0 radical (unpaired) electrons. The molecular formula is C10H17NO5S. The number of carboxylic acid groups (broad SMARTS) is 1. The molecule has 1 N–H and O–H groups in total. The van der Waals surface area contributed by atoms with Gasteiger partial charge in [-0.1, -0.05) is 0 Å². The van der Waals surface area contributed by atoms with Gasteiger partial charge in [0.05, 0.1) is 12.9 Å². The van der Waals surface area contributed by atoms with Crippen molar-refractivity contribution in [3.63, 3.8) is 0 Å². The van der Waals surface area contributed by atoms with Gasteiger partial charge >= 0.3 is 6.09 Å². The summed E-state index contributed by atoms with van der Waals surface area (Å²) in [5.74, 6) is 0.151. The third-order valence-electron chi connectivity index (χ3n) is 3.57. The Morgan fingerprint density at radius 1 is 1.35 bits per heavy atom. The van der Waals surface area contributed by atoms with E-state index in [1.165, 1.54) is 4.90 Å². The van der Waals surface area contributed by atoms with E-state index in [1.54, 1.807) is 0 Å². The highest BCUT2D eigenvalue weighted by molar-refractivity contribution is 7.85. The Hall–Kier alpha value is -0.820. The zero-order chi connectivity index (χ0) is 12.6. The van der Waals surface area contributed by atoms with Crippen LogP contribution in [0.3, 0.4) is 0 Å². The highest BCUT2D eigenvalue weighted by atomic mass is 32.2. The summed E-state index contributed by atoms with van der Waals surface area (Å²) < 4.78 is 26.6. The third-order valence-corrected chi connectivity index (χ3v) is 4.13. The summed E-state index contributed by atoms with van der Waals surface area (Å²) in [6.45, 7) is 0.180. The van der Waals surface area contributed by atoms with Gasteiger partial charge in [0.15, 0.2) is 0 Å². The zero-order valence-electron chi connectivity index (χ0n) is 9.70. The standard InChI is InChI=1S/C10H17NO5S/c1-17(14,15)16-6-7-4-8-2-3-9(5-7)11(8)10(12)13/h7-9H,2-6H2,1H3,(H,12,13)/t7?,8-,9+. The molecule has 0 aromatic rings. The third kappa shape index (κ3) is 2.90. The van der Waals surface area contributed by atoms with Gasteiger partial charge in [-0.15, -0.1) is 0 Å². The molecule has 0 saturated carbocycles. The van der Waals surface area contributed by atoms with E-state index in [0.717, 1.165) is 19.1 Å². The highest BCUT2D eigenvalue weighted by Gasteiger charge is 2.43. The van der Waals surface area contributed by atoms with Gasteiger partial charge in [0.1, 0.15) is 0 Å². The lowest BCUT2D eigenvalue weighted by molar-refractivity contribution is 0.0722. The Morgan fingerprint density at radius 2 is 1.88 bits per heavy atom. The van der Waals surface area contributed by atoms with Crippen molar-refractivity contribution in [2.75, 3.05) is 12.9 Å². The lowest BCUT2D eigenvalue weighted by Crippen LogP contribution is -2.46. The van der Waals surface area contributed by atoms with Gasteiger partial charge in [-0.25, -0.2) is 4.79 Å². The molecule has 17 heavy (non-hydrogen) atoms. The second-order valence-corrected chi connectivity index (χ2v) is 6.54. The number of nitrogens with zero attached hydrogens (tertiary/aromatic N) is 1. The maximum atomic E-state index is 11.0. The van der Waals surface area contributed by atoms with Gasteiger partial charge in [-0.3, -0.25) is 4.18 Å². The number of amides is 1. The SMILES string of the molecule is CS(=O)(=O)OCC1C[C@H]2CC[C@@H](C1)N2C(=O)O. The first kappa shape index (κ1) is 12.6. The smallest absolute Gasteiger partial charge is 0.407 e.